The fourth-order valence-corrected chi connectivity index (χ4v) is 3.76. The first-order valence-electron chi connectivity index (χ1n) is 7.49. The molecule has 2 heterocycles. The SMILES string of the molecule is NNC(CC1CCC1)C1CCOC2(CCOC2)C1. The van der Waals surface area contributed by atoms with Gasteiger partial charge < -0.3 is 9.47 Å². The molecule has 1 aliphatic carbocycles. The van der Waals surface area contributed by atoms with Crippen LogP contribution in [0.5, 0.6) is 0 Å². The van der Waals surface area contributed by atoms with E-state index in [4.69, 9.17) is 15.3 Å². The third-order valence-corrected chi connectivity index (χ3v) is 5.19. The van der Waals surface area contributed by atoms with Crippen molar-refractivity contribution in [1.29, 1.82) is 0 Å². The zero-order chi connectivity index (χ0) is 12.4. The van der Waals surface area contributed by atoms with E-state index in [-0.39, 0.29) is 5.60 Å². The van der Waals surface area contributed by atoms with E-state index in [0.29, 0.717) is 12.0 Å². The minimum atomic E-state index is 0.0115. The van der Waals surface area contributed by atoms with Crippen LogP contribution in [0.4, 0.5) is 0 Å². The minimum Gasteiger partial charge on any atom is -0.378 e. The summed E-state index contributed by atoms with van der Waals surface area (Å²) in [6, 6.07) is 0.469. The van der Waals surface area contributed by atoms with Crippen LogP contribution in [0.1, 0.15) is 44.9 Å². The van der Waals surface area contributed by atoms with Crippen molar-refractivity contribution >= 4 is 0 Å². The molecule has 2 saturated heterocycles. The maximum atomic E-state index is 6.00. The summed E-state index contributed by atoms with van der Waals surface area (Å²) >= 11 is 0. The number of rotatable bonds is 4. The third-order valence-electron chi connectivity index (χ3n) is 5.19. The second-order valence-electron chi connectivity index (χ2n) is 6.39. The van der Waals surface area contributed by atoms with E-state index in [0.717, 1.165) is 45.0 Å². The van der Waals surface area contributed by atoms with Gasteiger partial charge in [-0.05, 0) is 31.1 Å². The highest BCUT2D eigenvalue weighted by atomic mass is 16.6. The third kappa shape index (κ3) is 2.57. The predicted octanol–water partition coefficient (Wildman–Crippen LogP) is 1.59. The molecule has 4 heteroatoms. The van der Waals surface area contributed by atoms with Crippen molar-refractivity contribution in [3.05, 3.63) is 0 Å². The molecule has 0 aromatic heterocycles. The second kappa shape index (κ2) is 5.45. The standard InChI is InChI=1S/C14H26N2O2/c15-16-13(8-11-2-1-3-11)12-4-6-18-14(9-12)5-7-17-10-14/h11-13,16H,1-10,15H2. The van der Waals surface area contributed by atoms with Gasteiger partial charge in [-0.2, -0.15) is 0 Å². The molecule has 1 spiro atoms. The Morgan fingerprint density at radius 3 is 2.78 bits per heavy atom. The van der Waals surface area contributed by atoms with E-state index in [1.807, 2.05) is 0 Å². The van der Waals surface area contributed by atoms with Crippen molar-refractivity contribution in [1.82, 2.24) is 5.43 Å². The van der Waals surface area contributed by atoms with Gasteiger partial charge in [0.05, 0.1) is 12.2 Å². The van der Waals surface area contributed by atoms with E-state index in [1.165, 1.54) is 25.7 Å². The molecule has 3 fully saturated rings. The van der Waals surface area contributed by atoms with Crippen molar-refractivity contribution in [2.45, 2.75) is 56.6 Å². The van der Waals surface area contributed by atoms with Crippen LogP contribution >= 0.6 is 0 Å². The van der Waals surface area contributed by atoms with Crippen LogP contribution in [0.2, 0.25) is 0 Å². The molecular formula is C14H26N2O2. The first-order chi connectivity index (χ1) is 8.81. The number of hydrazine groups is 1. The largest absolute Gasteiger partial charge is 0.378 e. The molecule has 0 radical (unpaired) electrons. The average Bonchev–Trinajstić information content (AvgIpc) is 2.76. The minimum absolute atomic E-state index is 0.0115. The number of nitrogens with one attached hydrogen (secondary N) is 1. The van der Waals surface area contributed by atoms with Crippen molar-refractivity contribution in [2.75, 3.05) is 19.8 Å². The number of nitrogens with two attached hydrogens (primary N) is 1. The van der Waals surface area contributed by atoms with Gasteiger partial charge in [-0.15, -0.1) is 0 Å². The smallest absolute Gasteiger partial charge is 0.0939 e. The highest BCUT2D eigenvalue weighted by Gasteiger charge is 2.43. The summed E-state index contributed by atoms with van der Waals surface area (Å²) in [5, 5.41) is 0. The maximum Gasteiger partial charge on any atom is 0.0939 e. The van der Waals surface area contributed by atoms with Crippen LogP contribution < -0.4 is 11.3 Å². The summed E-state index contributed by atoms with van der Waals surface area (Å²) < 4.78 is 11.5. The van der Waals surface area contributed by atoms with Crippen LogP contribution in [-0.2, 0) is 9.47 Å². The highest BCUT2D eigenvalue weighted by Crippen LogP contribution is 2.39. The Bertz CT molecular complexity index is 275. The lowest BCUT2D eigenvalue weighted by molar-refractivity contribution is -0.104. The summed E-state index contributed by atoms with van der Waals surface area (Å²) in [6.45, 7) is 2.51. The highest BCUT2D eigenvalue weighted by molar-refractivity contribution is 4.94. The Morgan fingerprint density at radius 2 is 2.17 bits per heavy atom. The first kappa shape index (κ1) is 12.9. The number of hydrogen-bond acceptors (Lipinski definition) is 4. The molecule has 3 aliphatic rings. The van der Waals surface area contributed by atoms with E-state index in [2.05, 4.69) is 5.43 Å². The molecule has 18 heavy (non-hydrogen) atoms. The Hall–Kier alpha value is -0.160. The normalized spacial score (nSPS) is 38.8. The first-order valence-corrected chi connectivity index (χ1v) is 7.49. The van der Waals surface area contributed by atoms with Gasteiger partial charge in [0.2, 0.25) is 0 Å². The van der Waals surface area contributed by atoms with Crippen molar-refractivity contribution in [3.63, 3.8) is 0 Å². The monoisotopic (exact) mass is 254 g/mol. The molecule has 1 saturated carbocycles. The second-order valence-corrected chi connectivity index (χ2v) is 6.39. The van der Waals surface area contributed by atoms with Gasteiger partial charge in [0.15, 0.2) is 0 Å². The van der Waals surface area contributed by atoms with Gasteiger partial charge in [-0.25, -0.2) is 0 Å². The van der Waals surface area contributed by atoms with Gasteiger partial charge in [0.25, 0.3) is 0 Å². The van der Waals surface area contributed by atoms with Gasteiger partial charge in [0.1, 0.15) is 0 Å². The Kier molecular flexibility index (Phi) is 3.89. The van der Waals surface area contributed by atoms with Gasteiger partial charge in [-0.1, -0.05) is 19.3 Å². The van der Waals surface area contributed by atoms with Crippen LogP contribution in [0.15, 0.2) is 0 Å². The lowest BCUT2D eigenvalue weighted by Gasteiger charge is -2.41. The molecule has 3 N–H and O–H groups in total. The molecule has 0 aromatic carbocycles. The van der Waals surface area contributed by atoms with E-state index >= 15 is 0 Å². The van der Waals surface area contributed by atoms with E-state index in [9.17, 15) is 0 Å². The molecular weight excluding hydrogens is 228 g/mol. The fourth-order valence-electron chi connectivity index (χ4n) is 3.76. The van der Waals surface area contributed by atoms with Crippen molar-refractivity contribution in [3.8, 4) is 0 Å². The zero-order valence-corrected chi connectivity index (χ0v) is 11.2. The molecule has 0 bridgehead atoms. The van der Waals surface area contributed by atoms with Gasteiger partial charge in [0, 0.05) is 25.7 Å². The zero-order valence-electron chi connectivity index (χ0n) is 11.2. The molecule has 3 unspecified atom stereocenters. The van der Waals surface area contributed by atoms with Crippen LogP contribution in [0.25, 0.3) is 0 Å². The predicted molar refractivity (Wildman–Crippen MR) is 69.9 cm³/mol. The Labute approximate surface area is 110 Å². The summed E-state index contributed by atoms with van der Waals surface area (Å²) in [7, 11) is 0. The molecule has 0 aromatic rings. The van der Waals surface area contributed by atoms with Gasteiger partial charge >= 0.3 is 0 Å². The quantitative estimate of drug-likeness (QED) is 0.591. The van der Waals surface area contributed by atoms with E-state index < -0.39 is 0 Å². The summed E-state index contributed by atoms with van der Waals surface area (Å²) in [5.74, 6) is 7.36. The Balaban J connectivity index is 1.58. The molecule has 0 amide bonds. The molecule has 4 nitrogen and oxygen atoms in total. The average molecular weight is 254 g/mol. The summed E-state index contributed by atoms with van der Waals surface area (Å²) in [6.07, 6.45) is 8.78. The summed E-state index contributed by atoms with van der Waals surface area (Å²) in [4.78, 5) is 0. The van der Waals surface area contributed by atoms with Crippen molar-refractivity contribution in [2.24, 2.45) is 17.7 Å². The van der Waals surface area contributed by atoms with Crippen molar-refractivity contribution < 1.29 is 9.47 Å². The molecule has 3 rings (SSSR count). The lowest BCUT2D eigenvalue weighted by atomic mass is 9.74. The number of ether oxygens (including phenoxy) is 2. The maximum absolute atomic E-state index is 6.00. The fraction of sp³-hybridized carbons (Fsp3) is 1.00. The van der Waals surface area contributed by atoms with Crippen LogP contribution in [-0.4, -0.2) is 31.5 Å². The van der Waals surface area contributed by atoms with Gasteiger partial charge in [-0.3, -0.25) is 11.3 Å². The van der Waals surface area contributed by atoms with Crippen LogP contribution in [0, 0.1) is 11.8 Å². The topological polar surface area (TPSA) is 56.5 Å². The molecule has 104 valence electrons. The Morgan fingerprint density at radius 1 is 1.28 bits per heavy atom. The molecule has 3 atom stereocenters. The van der Waals surface area contributed by atoms with Crippen LogP contribution in [0.3, 0.4) is 0 Å². The molecule has 2 aliphatic heterocycles. The summed E-state index contributed by atoms with van der Waals surface area (Å²) in [5.41, 5.74) is 3.09. The number of hydrogen-bond donors (Lipinski definition) is 2. The lowest BCUT2D eigenvalue weighted by Crippen LogP contribution is -2.50. The van der Waals surface area contributed by atoms with E-state index in [1.54, 1.807) is 0 Å².